The fourth-order valence-electron chi connectivity index (χ4n) is 2.62. The summed E-state index contributed by atoms with van der Waals surface area (Å²) >= 11 is 0. The SMILES string of the molecule is Cc1ccc(F)cc1C(O)(c1ccc2[nH]ncc2c1)C(F)(F)F. The molecule has 2 N–H and O–H groups in total. The van der Waals surface area contributed by atoms with Gasteiger partial charge in [0.2, 0.25) is 5.60 Å². The molecule has 1 heterocycles. The van der Waals surface area contributed by atoms with Crippen LogP contribution in [0.15, 0.2) is 42.6 Å². The highest BCUT2D eigenvalue weighted by Crippen LogP contribution is 2.45. The van der Waals surface area contributed by atoms with Crippen LogP contribution in [0.25, 0.3) is 10.9 Å². The van der Waals surface area contributed by atoms with Crippen LogP contribution >= 0.6 is 0 Å². The number of aromatic nitrogens is 2. The van der Waals surface area contributed by atoms with E-state index in [1.165, 1.54) is 31.3 Å². The van der Waals surface area contributed by atoms with Gasteiger partial charge in [-0.2, -0.15) is 18.3 Å². The Morgan fingerprint density at radius 1 is 1.09 bits per heavy atom. The number of hydrogen-bond acceptors (Lipinski definition) is 2. The maximum Gasteiger partial charge on any atom is 0.425 e. The summed E-state index contributed by atoms with van der Waals surface area (Å²) in [7, 11) is 0. The van der Waals surface area contributed by atoms with E-state index in [1.807, 2.05) is 0 Å². The Hall–Kier alpha value is -2.41. The second-order valence-electron chi connectivity index (χ2n) is 5.34. The number of alkyl halides is 3. The number of fused-ring (bicyclic) bond motifs is 1. The largest absolute Gasteiger partial charge is 0.425 e. The Morgan fingerprint density at radius 2 is 1.83 bits per heavy atom. The van der Waals surface area contributed by atoms with Crippen molar-refractivity contribution in [3.63, 3.8) is 0 Å². The van der Waals surface area contributed by atoms with E-state index in [4.69, 9.17) is 0 Å². The van der Waals surface area contributed by atoms with Crippen LogP contribution in [-0.2, 0) is 5.60 Å². The maximum absolute atomic E-state index is 13.7. The van der Waals surface area contributed by atoms with Gasteiger partial charge in [-0.3, -0.25) is 5.10 Å². The second-order valence-corrected chi connectivity index (χ2v) is 5.34. The molecule has 0 bridgehead atoms. The van der Waals surface area contributed by atoms with Gasteiger partial charge in [-0.15, -0.1) is 0 Å². The van der Waals surface area contributed by atoms with E-state index in [0.717, 1.165) is 12.1 Å². The van der Waals surface area contributed by atoms with Crippen LogP contribution in [0.4, 0.5) is 17.6 Å². The van der Waals surface area contributed by atoms with Crippen LogP contribution in [0.5, 0.6) is 0 Å². The molecule has 2 aromatic carbocycles. The van der Waals surface area contributed by atoms with Crippen molar-refractivity contribution in [1.29, 1.82) is 0 Å². The molecule has 7 heteroatoms. The van der Waals surface area contributed by atoms with E-state index in [1.54, 1.807) is 0 Å². The van der Waals surface area contributed by atoms with Crippen molar-refractivity contribution in [2.75, 3.05) is 0 Å². The lowest BCUT2D eigenvalue weighted by molar-refractivity contribution is -0.248. The first kappa shape index (κ1) is 15.5. The third-order valence-electron chi connectivity index (χ3n) is 3.86. The number of aryl methyl sites for hydroxylation is 1. The van der Waals surface area contributed by atoms with Crippen molar-refractivity contribution < 1.29 is 22.7 Å². The number of H-pyrrole nitrogens is 1. The third kappa shape index (κ3) is 2.37. The van der Waals surface area contributed by atoms with Crippen molar-refractivity contribution in [3.05, 3.63) is 65.1 Å². The number of halogens is 4. The minimum absolute atomic E-state index is 0.138. The number of aromatic amines is 1. The van der Waals surface area contributed by atoms with Crippen molar-refractivity contribution in [1.82, 2.24) is 10.2 Å². The summed E-state index contributed by atoms with van der Waals surface area (Å²) in [4.78, 5) is 0. The zero-order valence-corrected chi connectivity index (χ0v) is 11.9. The highest BCUT2D eigenvalue weighted by Gasteiger charge is 2.57. The minimum atomic E-state index is -5.02. The van der Waals surface area contributed by atoms with Gasteiger partial charge in [0.05, 0.1) is 11.7 Å². The number of benzene rings is 2. The van der Waals surface area contributed by atoms with E-state index in [-0.39, 0.29) is 5.56 Å². The molecule has 0 spiro atoms. The zero-order valence-electron chi connectivity index (χ0n) is 11.9. The Morgan fingerprint density at radius 3 is 2.52 bits per heavy atom. The summed E-state index contributed by atoms with van der Waals surface area (Å²) in [6, 6.07) is 6.70. The summed E-state index contributed by atoms with van der Waals surface area (Å²) < 4.78 is 54.6. The third-order valence-corrected chi connectivity index (χ3v) is 3.86. The summed E-state index contributed by atoms with van der Waals surface area (Å²) in [5.74, 6) is -0.849. The topological polar surface area (TPSA) is 48.9 Å². The molecular weight excluding hydrogens is 312 g/mol. The van der Waals surface area contributed by atoms with Gasteiger partial charge in [-0.1, -0.05) is 12.1 Å². The first-order chi connectivity index (χ1) is 10.7. The lowest BCUT2D eigenvalue weighted by Gasteiger charge is -2.32. The molecule has 0 aliphatic carbocycles. The monoisotopic (exact) mass is 324 g/mol. The molecule has 0 saturated carbocycles. The predicted octanol–water partition coefficient (Wildman–Crippen LogP) is 3.81. The van der Waals surface area contributed by atoms with Crippen LogP contribution in [-0.4, -0.2) is 21.5 Å². The molecular formula is C16H12F4N2O. The number of nitrogens with zero attached hydrogens (tertiary/aromatic N) is 1. The number of hydrogen-bond donors (Lipinski definition) is 2. The molecule has 23 heavy (non-hydrogen) atoms. The molecule has 0 amide bonds. The summed E-state index contributed by atoms with van der Waals surface area (Å²) in [5.41, 5.74) is -3.57. The van der Waals surface area contributed by atoms with Gasteiger partial charge >= 0.3 is 6.18 Å². The normalized spacial score (nSPS) is 14.9. The molecule has 0 radical (unpaired) electrons. The number of aliphatic hydroxyl groups is 1. The van der Waals surface area contributed by atoms with E-state index in [2.05, 4.69) is 10.2 Å². The lowest BCUT2D eigenvalue weighted by Crippen LogP contribution is -2.44. The van der Waals surface area contributed by atoms with Gasteiger partial charge in [-0.25, -0.2) is 4.39 Å². The van der Waals surface area contributed by atoms with Gasteiger partial charge in [0.25, 0.3) is 0 Å². The molecule has 3 nitrogen and oxygen atoms in total. The fourth-order valence-corrected chi connectivity index (χ4v) is 2.62. The Bertz CT molecular complexity index is 872. The molecule has 3 aromatic rings. The first-order valence-electron chi connectivity index (χ1n) is 6.73. The maximum atomic E-state index is 13.7. The van der Waals surface area contributed by atoms with Gasteiger partial charge in [-0.05, 0) is 42.3 Å². The summed E-state index contributed by atoms with van der Waals surface area (Å²) in [6.07, 6.45) is -3.67. The van der Waals surface area contributed by atoms with Gasteiger partial charge in [0.15, 0.2) is 0 Å². The van der Waals surface area contributed by atoms with Gasteiger partial charge in [0.1, 0.15) is 5.82 Å². The lowest BCUT2D eigenvalue weighted by atomic mass is 9.83. The molecule has 120 valence electrons. The minimum Gasteiger partial charge on any atom is -0.372 e. The Kier molecular flexibility index (Phi) is 3.40. The quantitative estimate of drug-likeness (QED) is 0.704. The van der Waals surface area contributed by atoms with Gasteiger partial charge in [0, 0.05) is 10.9 Å². The van der Waals surface area contributed by atoms with Crippen LogP contribution in [0, 0.1) is 12.7 Å². The van der Waals surface area contributed by atoms with Crippen LogP contribution in [0.3, 0.4) is 0 Å². The molecule has 1 unspecified atom stereocenters. The van der Waals surface area contributed by atoms with E-state index in [0.29, 0.717) is 17.0 Å². The standard InChI is InChI=1S/C16H12F4N2O/c1-9-2-4-12(17)7-13(9)15(23,16(18,19)20)11-3-5-14-10(6-11)8-21-22-14/h2-8,23H,1H3,(H,21,22). The van der Waals surface area contributed by atoms with E-state index in [9.17, 15) is 22.7 Å². The highest BCUT2D eigenvalue weighted by molar-refractivity contribution is 5.79. The summed E-state index contributed by atoms with van der Waals surface area (Å²) in [5, 5.41) is 17.4. The molecule has 1 atom stereocenters. The number of nitrogens with one attached hydrogen (secondary N) is 1. The van der Waals surface area contributed by atoms with Gasteiger partial charge < -0.3 is 5.11 Å². The van der Waals surface area contributed by atoms with Crippen LogP contribution in [0.2, 0.25) is 0 Å². The highest BCUT2D eigenvalue weighted by atomic mass is 19.4. The molecule has 0 aliphatic heterocycles. The molecule has 3 rings (SSSR count). The summed E-state index contributed by atoms with van der Waals surface area (Å²) in [6.45, 7) is 1.39. The van der Waals surface area contributed by atoms with Crippen molar-refractivity contribution in [3.8, 4) is 0 Å². The predicted molar refractivity (Wildman–Crippen MR) is 76.3 cm³/mol. The van der Waals surface area contributed by atoms with Crippen molar-refractivity contribution >= 4 is 10.9 Å². The second kappa shape index (κ2) is 5.06. The van der Waals surface area contributed by atoms with E-state index < -0.39 is 28.7 Å². The molecule has 0 aliphatic rings. The average Bonchev–Trinajstić information content (AvgIpc) is 2.95. The Labute approximate surface area is 128 Å². The van der Waals surface area contributed by atoms with Crippen molar-refractivity contribution in [2.24, 2.45) is 0 Å². The zero-order chi connectivity index (χ0) is 16.8. The smallest absolute Gasteiger partial charge is 0.372 e. The molecule has 1 aromatic heterocycles. The average molecular weight is 324 g/mol. The van der Waals surface area contributed by atoms with Crippen LogP contribution in [0.1, 0.15) is 16.7 Å². The first-order valence-corrected chi connectivity index (χ1v) is 6.73. The fraction of sp³-hybridized carbons (Fsp3) is 0.188. The molecule has 0 fully saturated rings. The number of rotatable bonds is 2. The van der Waals surface area contributed by atoms with E-state index >= 15 is 0 Å². The molecule has 0 saturated heterocycles. The van der Waals surface area contributed by atoms with Crippen LogP contribution < -0.4 is 0 Å². The Balaban J connectivity index is 2.30. The van der Waals surface area contributed by atoms with Crippen molar-refractivity contribution in [2.45, 2.75) is 18.7 Å².